The Morgan fingerprint density at radius 3 is 2.23 bits per heavy atom. The molecule has 6 heteroatoms. The maximum absolute atomic E-state index is 5.44. The molecule has 0 unspecified atom stereocenters. The molecule has 0 spiro atoms. The van der Waals surface area contributed by atoms with E-state index in [0.29, 0.717) is 11.5 Å². The molecule has 2 N–H and O–H groups in total. The minimum atomic E-state index is 0.463. The normalized spacial score (nSPS) is 21.7. The van der Waals surface area contributed by atoms with E-state index in [1.807, 2.05) is 6.07 Å². The molecule has 2 aliphatic carbocycles. The Morgan fingerprint density at radius 2 is 1.73 bits per heavy atom. The van der Waals surface area contributed by atoms with Crippen LogP contribution in [0.5, 0.6) is 11.5 Å². The highest BCUT2D eigenvalue weighted by molar-refractivity contribution is 5.80. The van der Waals surface area contributed by atoms with Gasteiger partial charge in [-0.2, -0.15) is 0 Å². The molecule has 30 heavy (non-hydrogen) atoms. The van der Waals surface area contributed by atoms with Gasteiger partial charge in [-0.25, -0.2) is 0 Å². The predicted molar refractivity (Wildman–Crippen MR) is 123 cm³/mol. The molecular formula is C24H38N4O2. The van der Waals surface area contributed by atoms with E-state index in [2.05, 4.69) is 34.6 Å². The van der Waals surface area contributed by atoms with Gasteiger partial charge in [-0.15, -0.1) is 0 Å². The smallest absolute Gasteiger partial charge is 0.191 e. The quantitative estimate of drug-likeness (QED) is 0.500. The minimum Gasteiger partial charge on any atom is -0.497 e. The van der Waals surface area contributed by atoms with E-state index in [1.165, 1.54) is 37.8 Å². The first-order chi connectivity index (χ1) is 14.7. The van der Waals surface area contributed by atoms with Crippen molar-refractivity contribution < 1.29 is 9.47 Å². The SMILES string of the molecule is CCNC(=NCC1(C2CC2)CCC1)NC1CCN(c2cc(OC)cc(OC)c2)CC1. The Morgan fingerprint density at radius 1 is 1.07 bits per heavy atom. The van der Waals surface area contributed by atoms with E-state index in [0.717, 1.165) is 62.4 Å². The zero-order valence-corrected chi connectivity index (χ0v) is 18.9. The predicted octanol–water partition coefficient (Wildman–Crippen LogP) is 3.81. The first-order valence-corrected chi connectivity index (χ1v) is 11.7. The summed E-state index contributed by atoms with van der Waals surface area (Å²) in [6, 6.07) is 6.58. The van der Waals surface area contributed by atoms with Crippen LogP contribution in [0.25, 0.3) is 0 Å². The van der Waals surface area contributed by atoms with Crippen molar-refractivity contribution in [1.82, 2.24) is 10.6 Å². The van der Waals surface area contributed by atoms with E-state index >= 15 is 0 Å². The number of guanidine groups is 1. The van der Waals surface area contributed by atoms with Crippen LogP contribution in [0, 0.1) is 11.3 Å². The van der Waals surface area contributed by atoms with E-state index in [1.54, 1.807) is 14.2 Å². The molecule has 6 nitrogen and oxygen atoms in total. The van der Waals surface area contributed by atoms with Crippen LogP contribution in [0.4, 0.5) is 5.69 Å². The lowest BCUT2D eigenvalue weighted by Gasteiger charge is -2.41. The topological polar surface area (TPSA) is 58.1 Å². The number of rotatable bonds is 8. The third-order valence-electron chi connectivity index (χ3n) is 7.23. The Kier molecular flexibility index (Phi) is 6.59. The van der Waals surface area contributed by atoms with Gasteiger partial charge in [-0.05, 0) is 56.8 Å². The Balaban J connectivity index is 1.33. The third-order valence-corrected chi connectivity index (χ3v) is 7.23. The summed E-state index contributed by atoms with van der Waals surface area (Å²) < 4.78 is 10.9. The number of methoxy groups -OCH3 is 2. The van der Waals surface area contributed by atoms with Crippen LogP contribution in [-0.4, -0.2) is 52.4 Å². The maximum Gasteiger partial charge on any atom is 0.191 e. The van der Waals surface area contributed by atoms with E-state index in [-0.39, 0.29) is 0 Å². The third kappa shape index (κ3) is 4.79. The van der Waals surface area contributed by atoms with Gasteiger partial charge in [0.05, 0.1) is 14.2 Å². The Bertz CT molecular complexity index is 712. The van der Waals surface area contributed by atoms with Crippen LogP contribution in [0.1, 0.15) is 51.9 Å². The number of nitrogens with zero attached hydrogens (tertiary/aromatic N) is 2. The zero-order chi connectivity index (χ0) is 21.0. The van der Waals surface area contributed by atoms with E-state index in [9.17, 15) is 0 Å². The molecule has 0 radical (unpaired) electrons. The molecule has 1 aliphatic heterocycles. The van der Waals surface area contributed by atoms with Crippen LogP contribution in [0.3, 0.4) is 0 Å². The number of piperidine rings is 1. The van der Waals surface area contributed by atoms with Gasteiger partial charge < -0.3 is 25.0 Å². The summed E-state index contributed by atoms with van der Waals surface area (Å²) in [5, 5.41) is 7.19. The largest absolute Gasteiger partial charge is 0.497 e. The number of benzene rings is 1. The zero-order valence-electron chi connectivity index (χ0n) is 18.9. The number of ether oxygens (including phenoxy) is 2. The molecular weight excluding hydrogens is 376 g/mol. The molecule has 0 amide bonds. The standard InChI is InChI=1S/C24H38N4O2/c1-4-25-23(26-17-24(10-5-11-24)18-6-7-18)27-19-8-12-28(13-9-19)20-14-21(29-2)16-22(15-20)30-3/h14-16,18-19H,4-13,17H2,1-3H3,(H2,25,26,27). The molecule has 1 heterocycles. The Labute approximate surface area is 181 Å². The minimum absolute atomic E-state index is 0.463. The van der Waals surface area contributed by atoms with Crippen molar-refractivity contribution in [3.05, 3.63) is 18.2 Å². The van der Waals surface area contributed by atoms with E-state index in [4.69, 9.17) is 14.5 Å². The highest BCUT2D eigenvalue weighted by atomic mass is 16.5. The van der Waals surface area contributed by atoms with Gasteiger partial charge in [0.1, 0.15) is 11.5 Å². The summed E-state index contributed by atoms with van der Waals surface area (Å²) in [7, 11) is 3.40. The number of hydrogen-bond acceptors (Lipinski definition) is 4. The first kappa shape index (κ1) is 21.1. The first-order valence-electron chi connectivity index (χ1n) is 11.7. The maximum atomic E-state index is 5.44. The highest BCUT2D eigenvalue weighted by Crippen LogP contribution is 2.57. The molecule has 4 rings (SSSR count). The van der Waals surface area contributed by atoms with Crippen molar-refractivity contribution in [3.8, 4) is 11.5 Å². The van der Waals surface area contributed by atoms with Crippen LogP contribution in [0.15, 0.2) is 23.2 Å². The second kappa shape index (κ2) is 9.36. The summed E-state index contributed by atoms with van der Waals surface area (Å²) in [5.74, 6) is 3.63. The summed E-state index contributed by atoms with van der Waals surface area (Å²) in [4.78, 5) is 7.45. The van der Waals surface area contributed by atoms with Gasteiger partial charge >= 0.3 is 0 Å². The molecule has 2 saturated carbocycles. The van der Waals surface area contributed by atoms with Gasteiger partial charge in [0, 0.05) is 56.1 Å². The summed E-state index contributed by atoms with van der Waals surface area (Å²) in [6.45, 7) is 6.08. The van der Waals surface area contributed by atoms with Crippen molar-refractivity contribution in [1.29, 1.82) is 0 Å². The highest BCUT2D eigenvalue weighted by Gasteiger charge is 2.48. The monoisotopic (exact) mass is 414 g/mol. The van der Waals surface area contributed by atoms with Gasteiger partial charge in [-0.3, -0.25) is 4.99 Å². The van der Waals surface area contributed by atoms with Crippen molar-refractivity contribution in [3.63, 3.8) is 0 Å². The van der Waals surface area contributed by atoms with Crippen LogP contribution in [-0.2, 0) is 0 Å². The molecule has 0 bridgehead atoms. The van der Waals surface area contributed by atoms with Crippen molar-refractivity contribution in [2.75, 3.05) is 45.3 Å². The number of hydrogen-bond donors (Lipinski definition) is 2. The fourth-order valence-electron chi connectivity index (χ4n) is 5.03. The second-order valence-electron chi connectivity index (χ2n) is 9.16. The van der Waals surface area contributed by atoms with Crippen LogP contribution < -0.4 is 25.0 Å². The van der Waals surface area contributed by atoms with Crippen molar-refractivity contribution in [2.24, 2.45) is 16.3 Å². The average Bonchev–Trinajstić information content (AvgIpc) is 3.59. The summed E-state index contributed by atoms with van der Waals surface area (Å²) in [5.41, 5.74) is 1.69. The van der Waals surface area contributed by atoms with Crippen LogP contribution in [0.2, 0.25) is 0 Å². The van der Waals surface area contributed by atoms with Gasteiger partial charge in [0.2, 0.25) is 0 Å². The number of aliphatic imine (C=N–C) groups is 1. The van der Waals surface area contributed by atoms with Crippen LogP contribution >= 0.6 is 0 Å². The van der Waals surface area contributed by atoms with Gasteiger partial charge in [0.15, 0.2) is 5.96 Å². The summed E-state index contributed by atoms with van der Waals surface area (Å²) >= 11 is 0. The fraction of sp³-hybridized carbons (Fsp3) is 0.708. The lowest BCUT2D eigenvalue weighted by Crippen LogP contribution is -2.49. The molecule has 0 atom stereocenters. The lowest BCUT2D eigenvalue weighted by molar-refractivity contribution is 0.113. The average molecular weight is 415 g/mol. The molecule has 3 fully saturated rings. The molecule has 166 valence electrons. The van der Waals surface area contributed by atoms with Crippen molar-refractivity contribution >= 4 is 11.6 Å². The molecule has 1 aromatic rings. The Hall–Kier alpha value is -2.11. The van der Waals surface area contributed by atoms with Gasteiger partial charge in [-0.1, -0.05) is 6.42 Å². The fourth-order valence-corrected chi connectivity index (χ4v) is 5.03. The van der Waals surface area contributed by atoms with Gasteiger partial charge in [0.25, 0.3) is 0 Å². The van der Waals surface area contributed by atoms with E-state index < -0.39 is 0 Å². The molecule has 0 aromatic heterocycles. The second-order valence-corrected chi connectivity index (χ2v) is 9.16. The molecule has 1 aromatic carbocycles. The van der Waals surface area contributed by atoms with Crippen molar-refractivity contribution in [2.45, 2.75) is 57.9 Å². The molecule has 1 saturated heterocycles. The number of nitrogens with one attached hydrogen (secondary N) is 2. The lowest BCUT2D eigenvalue weighted by atomic mass is 9.65. The summed E-state index contributed by atoms with van der Waals surface area (Å²) in [6.07, 6.45) is 9.19. The number of anilines is 1. The molecule has 3 aliphatic rings.